The van der Waals surface area contributed by atoms with Gasteiger partial charge in [-0.05, 0) is 70.4 Å². The number of benzene rings is 1. The second-order valence-corrected chi connectivity index (χ2v) is 9.46. The van der Waals surface area contributed by atoms with E-state index >= 15 is 0 Å². The Balaban J connectivity index is 1.70. The first-order valence-electron chi connectivity index (χ1n) is 11.1. The van der Waals surface area contributed by atoms with Gasteiger partial charge in [0.05, 0.1) is 12.2 Å². The summed E-state index contributed by atoms with van der Waals surface area (Å²) >= 11 is 0. The summed E-state index contributed by atoms with van der Waals surface area (Å²) in [6.07, 6.45) is 3.58. The van der Waals surface area contributed by atoms with Crippen LogP contribution >= 0.6 is 0 Å². The van der Waals surface area contributed by atoms with E-state index in [2.05, 4.69) is 0 Å². The lowest BCUT2D eigenvalue weighted by atomic mass is 9.92. The van der Waals surface area contributed by atoms with Gasteiger partial charge in [-0.3, -0.25) is 4.79 Å². The van der Waals surface area contributed by atoms with Gasteiger partial charge in [-0.15, -0.1) is 0 Å². The number of hydrogen-bond acceptors (Lipinski definition) is 5. The van der Waals surface area contributed by atoms with Crippen molar-refractivity contribution < 1.29 is 28.6 Å². The van der Waals surface area contributed by atoms with Crippen LogP contribution < -0.4 is 4.74 Å². The largest absolute Gasteiger partial charge is 0.493 e. The molecular formula is C24H36FNO5. The van der Waals surface area contributed by atoms with Crippen molar-refractivity contribution in [3.05, 3.63) is 29.6 Å². The van der Waals surface area contributed by atoms with E-state index in [1.807, 2.05) is 20.8 Å². The molecule has 174 valence electrons. The van der Waals surface area contributed by atoms with E-state index in [0.29, 0.717) is 31.4 Å². The van der Waals surface area contributed by atoms with Gasteiger partial charge < -0.3 is 19.5 Å². The lowest BCUT2D eigenvalue weighted by Gasteiger charge is -2.33. The molecule has 0 unspecified atom stereocenters. The monoisotopic (exact) mass is 437 g/mol. The number of ether oxygens (including phenoxy) is 2. The summed E-state index contributed by atoms with van der Waals surface area (Å²) in [5.74, 6) is -0.166. The third-order valence-electron chi connectivity index (χ3n) is 5.38. The fraction of sp³-hybridized carbons (Fsp3) is 0.667. The summed E-state index contributed by atoms with van der Waals surface area (Å²) in [4.78, 5) is 26.0. The minimum Gasteiger partial charge on any atom is -0.493 e. The number of amides is 1. The average Bonchev–Trinajstić information content (AvgIpc) is 2.70. The van der Waals surface area contributed by atoms with E-state index in [9.17, 15) is 14.0 Å². The van der Waals surface area contributed by atoms with Crippen molar-refractivity contribution in [2.45, 2.75) is 65.4 Å². The van der Waals surface area contributed by atoms with Crippen LogP contribution in [0.15, 0.2) is 18.2 Å². The number of piperidine rings is 1. The highest BCUT2D eigenvalue weighted by Gasteiger charge is 2.26. The van der Waals surface area contributed by atoms with Crippen LogP contribution in [0.5, 0.6) is 5.75 Å². The Morgan fingerprint density at radius 3 is 2.52 bits per heavy atom. The molecule has 0 saturated carbocycles. The summed E-state index contributed by atoms with van der Waals surface area (Å²) in [7, 11) is 0. The van der Waals surface area contributed by atoms with Crippen LogP contribution in [0.2, 0.25) is 0 Å². The fourth-order valence-corrected chi connectivity index (χ4v) is 3.60. The lowest BCUT2D eigenvalue weighted by molar-refractivity contribution is 0.0179. The Morgan fingerprint density at radius 2 is 1.94 bits per heavy atom. The number of aliphatic hydroxyl groups excluding tert-OH is 1. The Labute approximate surface area is 184 Å². The molecule has 1 N–H and O–H groups in total. The smallest absolute Gasteiger partial charge is 0.410 e. The van der Waals surface area contributed by atoms with Crippen molar-refractivity contribution in [2.24, 2.45) is 11.8 Å². The maximum Gasteiger partial charge on any atom is 0.410 e. The average molecular weight is 438 g/mol. The van der Waals surface area contributed by atoms with Crippen molar-refractivity contribution in [2.75, 3.05) is 26.3 Å². The second kappa shape index (κ2) is 11.5. The van der Waals surface area contributed by atoms with E-state index < -0.39 is 11.4 Å². The SMILES string of the molecule is C[C@H](CO)CC(=O)c1ccc(OCCCC2CCN(C(=O)OC(C)(C)C)CC2)cc1F. The number of hydrogen-bond donors (Lipinski definition) is 1. The van der Waals surface area contributed by atoms with Gasteiger partial charge in [0.15, 0.2) is 5.78 Å². The topological polar surface area (TPSA) is 76.1 Å². The highest BCUT2D eigenvalue weighted by molar-refractivity contribution is 5.96. The van der Waals surface area contributed by atoms with E-state index in [-0.39, 0.29) is 36.4 Å². The van der Waals surface area contributed by atoms with Gasteiger partial charge >= 0.3 is 6.09 Å². The molecule has 31 heavy (non-hydrogen) atoms. The second-order valence-electron chi connectivity index (χ2n) is 9.46. The minimum atomic E-state index is -0.595. The molecule has 0 radical (unpaired) electrons. The van der Waals surface area contributed by atoms with Gasteiger partial charge in [-0.25, -0.2) is 9.18 Å². The Bertz CT molecular complexity index is 738. The van der Waals surface area contributed by atoms with Crippen molar-refractivity contribution in [1.82, 2.24) is 4.90 Å². The molecule has 2 rings (SSSR count). The number of rotatable bonds is 9. The predicted octanol–water partition coefficient (Wildman–Crippen LogP) is 4.83. The molecule has 0 bridgehead atoms. The normalized spacial score (nSPS) is 16.1. The maximum absolute atomic E-state index is 14.3. The molecule has 1 heterocycles. The maximum atomic E-state index is 14.3. The van der Waals surface area contributed by atoms with Crippen molar-refractivity contribution in [3.63, 3.8) is 0 Å². The van der Waals surface area contributed by atoms with Crippen LogP contribution in [-0.4, -0.2) is 53.8 Å². The summed E-state index contributed by atoms with van der Waals surface area (Å²) in [6.45, 7) is 9.13. The highest BCUT2D eigenvalue weighted by Crippen LogP contribution is 2.24. The number of aliphatic hydroxyl groups is 1. The number of nitrogens with zero attached hydrogens (tertiary/aromatic N) is 1. The molecule has 1 aliphatic rings. The van der Waals surface area contributed by atoms with Gasteiger partial charge in [0.2, 0.25) is 0 Å². The first kappa shape index (κ1) is 25.1. The number of halogens is 1. The molecule has 0 spiro atoms. The van der Waals surface area contributed by atoms with E-state index in [0.717, 1.165) is 25.7 Å². The molecule has 7 heteroatoms. The standard InChI is InChI=1S/C24H36FNO5/c1-17(16-27)14-22(28)20-8-7-19(15-21(20)25)30-13-5-6-18-9-11-26(12-10-18)23(29)31-24(2,3)4/h7-8,15,17-18,27H,5-6,9-14,16H2,1-4H3/t17-/m0/s1. The van der Waals surface area contributed by atoms with Crippen molar-refractivity contribution in [1.29, 1.82) is 0 Å². The molecular weight excluding hydrogens is 401 g/mol. The molecule has 1 aromatic rings. The fourth-order valence-electron chi connectivity index (χ4n) is 3.60. The van der Waals surface area contributed by atoms with Gasteiger partial charge in [0.1, 0.15) is 17.2 Å². The Morgan fingerprint density at radius 1 is 1.26 bits per heavy atom. The van der Waals surface area contributed by atoms with Crippen molar-refractivity contribution >= 4 is 11.9 Å². The van der Waals surface area contributed by atoms with Crippen LogP contribution in [0.3, 0.4) is 0 Å². The Hall–Kier alpha value is -2.15. The molecule has 1 aliphatic heterocycles. The summed E-state index contributed by atoms with van der Waals surface area (Å²) in [5, 5.41) is 9.05. The zero-order valence-electron chi connectivity index (χ0n) is 19.2. The summed E-state index contributed by atoms with van der Waals surface area (Å²) < 4.78 is 25.3. The number of carbonyl (C=O) groups excluding carboxylic acids is 2. The Kier molecular flexibility index (Phi) is 9.29. The zero-order chi connectivity index (χ0) is 23.0. The molecule has 1 aromatic carbocycles. The number of carbonyl (C=O) groups is 2. The van der Waals surface area contributed by atoms with E-state index in [1.165, 1.54) is 12.1 Å². The van der Waals surface area contributed by atoms with Crippen LogP contribution in [0.4, 0.5) is 9.18 Å². The van der Waals surface area contributed by atoms with Gasteiger partial charge in [-0.1, -0.05) is 6.92 Å². The van der Waals surface area contributed by atoms with Crippen LogP contribution in [0.1, 0.15) is 70.2 Å². The van der Waals surface area contributed by atoms with E-state index in [1.54, 1.807) is 17.9 Å². The molecule has 0 aromatic heterocycles. The van der Waals surface area contributed by atoms with Crippen molar-refractivity contribution in [3.8, 4) is 5.75 Å². The quantitative estimate of drug-likeness (QED) is 0.442. The third kappa shape index (κ3) is 8.48. The van der Waals surface area contributed by atoms with Gasteiger partial charge in [0, 0.05) is 32.2 Å². The van der Waals surface area contributed by atoms with Crippen LogP contribution in [0, 0.1) is 17.7 Å². The molecule has 1 amide bonds. The highest BCUT2D eigenvalue weighted by atomic mass is 19.1. The molecule has 1 saturated heterocycles. The van der Waals surface area contributed by atoms with Crippen LogP contribution in [-0.2, 0) is 4.74 Å². The predicted molar refractivity (Wildman–Crippen MR) is 117 cm³/mol. The number of likely N-dealkylation sites (tertiary alicyclic amines) is 1. The third-order valence-corrected chi connectivity index (χ3v) is 5.38. The molecule has 6 nitrogen and oxygen atoms in total. The molecule has 0 aliphatic carbocycles. The first-order valence-corrected chi connectivity index (χ1v) is 11.1. The first-order chi connectivity index (χ1) is 14.6. The van der Waals surface area contributed by atoms with E-state index in [4.69, 9.17) is 14.6 Å². The number of ketones is 1. The lowest BCUT2D eigenvalue weighted by Crippen LogP contribution is -2.41. The summed E-state index contributed by atoms with van der Waals surface area (Å²) in [5.41, 5.74) is -0.446. The number of Topliss-reactive ketones (excluding diaryl/α,β-unsaturated/α-hetero) is 1. The zero-order valence-corrected chi connectivity index (χ0v) is 19.2. The summed E-state index contributed by atoms with van der Waals surface area (Å²) in [6, 6.07) is 4.30. The minimum absolute atomic E-state index is 0.0318. The van der Waals surface area contributed by atoms with Gasteiger partial charge in [0.25, 0.3) is 0 Å². The molecule has 1 fully saturated rings. The molecule has 1 atom stereocenters. The van der Waals surface area contributed by atoms with Gasteiger partial charge in [-0.2, -0.15) is 0 Å². The van der Waals surface area contributed by atoms with Crippen LogP contribution in [0.25, 0.3) is 0 Å².